The third kappa shape index (κ3) is 3.92. The van der Waals surface area contributed by atoms with Gasteiger partial charge >= 0.3 is 5.97 Å². The summed E-state index contributed by atoms with van der Waals surface area (Å²) in [6.45, 7) is 0. The van der Waals surface area contributed by atoms with Crippen molar-refractivity contribution in [3.8, 4) is 0 Å². The van der Waals surface area contributed by atoms with E-state index in [4.69, 9.17) is 5.11 Å². The maximum atomic E-state index is 9.37. The van der Waals surface area contributed by atoms with Crippen LogP contribution < -0.4 is 0 Å². The molecule has 0 saturated heterocycles. The number of carboxylic acid groups (broad SMARTS) is 1. The van der Waals surface area contributed by atoms with Crippen molar-refractivity contribution in [2.45, 2.75) is 6.42 Å². The number of aliphatic carboxylic acids is 1. The molecule has 2 aromatic carbocycles. The molecule has 0 bridgehead atoms. The molecule has 16 heavy (non-hydrogen) atoms. The number of rotatable bonds is 2. The topological polar surface area (TPSA) is 54.4 Å². The lowest BCUT2D eigenvalue weighted by Crippen LogP contribution is -1.92. The lowest BCUT2D eigenvalue weighted by atomic mass is 10.1. The van der Waals surface area contributed by atoms with E-state index in [1.54, 1.807) is 0 Å². The second-order valence-electron chi connectivity index (χ2n) is 3.11. The van der Waals surface area contributed by atoms with Gasteiger partial charge in [0.15, 0.2) is 0 Å². The largest absolute Gasteiger partial charge is 0.481 e. The average Bonchev–Trinajstić information content (AvgIpc) is 2.30. The fourth-order valence-corrected chi connectivity index (χ4v) is 1.20. The van der Waals surface area contributed by atoms with Crippen molar-refractivity contribution in [1.82, 2.24) is 0 Å². The van der Waals surface area contributed by atoms with Gasteiger partial charge in [-0.3, -0.25) is 4.79 Å². The molecule has 1 N–H and O–H groups in total. The number of carboxylic acids is 1. The summed E-state index contributed by atoms with van der Waals surface area (Å²) in [4.78, 5) is 18.6. The standard InChI is InChI=1S/C10H8.C3H4O3/c1-2-6-10-8-4-3-7-9(10)5-1;4-2-1-3(5)6/h1-8H;2H,1H2,(H,5,6). The van der Waals surface area contributed by atoms with E-state index < -0.39 is 5.97 Å². The van der Waals surface area contributed by atoms with E-state index in [0.717, 1.165) is 0 Å². The molecular weight excluding hydrogens is 204 g/mol. The van der Waals surface area contributed by atoms with E-state index in [9.17, 15) is 9.59 Å². The van der Waals surface area contributed by atoms with E-state index >= 15 is 0 Å². The van der Waals surface area contributed by atoms with Crippen LogP contribution in [0.15, 0.2) is 48.5 Å². The van der Waals surface area contributed by atoms with Gasteiger partial charge in [-0.25, -0.2) is 0 Å². The molecule has 0 spiro atoms. The lowest BCUT2D eigenvalue weighted by molar-refractivity contribution is -0.138. The van der Waals surface area contributed by atoms with Gasteiger partial charge in [0.05, 0.1) is 0 Å². The van der Waals surface area contributed by atoms with Gasteiger partial charge in [0.2, 0.25) is 0 Å². The molecular formula is C13H12O3. The zero-order valence-corrected chi connectivity index (χ0v) is 8.67. The fourth-order valence-electron chi connectivity index (χ4n) is 1.20. The average molecular weight is 216 g/mol. The van der Waals surface area contributed by atoms with Crippen molar-refractivity contribution < 1.29 is 14.7 Å². The third-order valence-corrected chi connectivity index (χ3v) is 1.92. The van der Waals surface area contributed by atoms with Crippen molar-refractivity contribution in [2.75, 3.05) is 0 Å². The summed E-state index contributed by atoms with van der Waals surface area (Å²) in [5, 5.41) is 10.3. The van der Waals surface area contributed by atoms with Crippen LogP contribution in [-0.2, 0) is 9.59 Å². The first-order valence-corrected chi connectivity index (χ1v) is 4.83. The zero-order valence-electron chi connectivity index (χ0n) is 8.67. The van der Waals surface area contributed by atoms with Crippen LogP contribution >= 0.6 is 0 Å². The molecule has 0 saturated carbocycles. The summed E-state index contributed by atoms with van der Waals surface area (Å²) in [5.74, 6) is -1.08. The number of carbonyl (C=O) groups excluding carboxylic acids is 1. The van der Waals surface area contributed by atoms with Crippen LogP contribution in [0.3, 0.4) is 0 Å². The number of aldehydes is 1. The van der Waals surface area contributed by atoms with Crippen LogP contribution in [0.1, 0.15) is 6.42 Å². The number of benzene rings is 2. The summed E-state index contributed by atoms with van der Waals surface area (Å²) >= 11 is 0. The second-order valence-corrected chi connectivity index (χ2v) is 3.11. The molecule has 0 fully saturated rings. The molecule has 0 amide bonds. The van der Waals surface area contributed by atoms with Gasteiger partial charge in [-0.15, -0.1) is 0 Å². The minimum absolute atomic E-state index is 0.350. The SMILES string of the molecule is O=CCC(=O)O.c1ccc2ccccc2c1. The van der Waals surface area contributed by atoms with Gasteiger partial charge in [0, 0.05) is 0 Å². The van der Waals surface area contributed by atoms with Crippen LogP contribution in [0.4, 0.5) is 0 Å². The summed E-state index contributed by atoms with van der Waals surface area (Å²) in [5.41, 5.74) is 0. The fraction of sp³-hybridized carbons (Fsp3) is 0.0769. The van der Waals surface area contributed by atoms with E-state index in [-0.39, 0.29) is 6.42 Å². The van der Waals surface area contributed by atoms with Crippen LogP contribution in [0.25, 0.3) is 10.8 Å². The molecule has 0 heterocycles. The van der Waals surface area contributed by atoms with Crippen molar-refractivity contribution in [3.63, 3.8) is 0 Å². The Balaban J connectivity index is 0.000000187. The van der Waals surface area contributed by atoms with E-state index in [1.807, 2.05) is 0 Å². The van der Waals surface area contributed by atoms with Gasteiger partial charge in [-0.1, -0.05) is 48.5 Å². The first-order chi connectivity index (χ1) is 7.74. The smallest absolute Gasteiger partial charge is 0.310 e. The summed E-state index contributed by atoms with van der Waals surface area (Å²) in [6, 6.07) is 16.7. The molecule has 3 heteroatoms. The van der Waals surface area contributed by atoms with Gasteiger partial charge in [-0.2, -0.15) is 0 Å². The van der Waals surface area contributed by atoms with Crippen LogP contribution in [0.2, 0.25) is 0 Å². The van der Waals surface area contributed by atoms with Gasteiger partial charge < -0.3 is 9.90 Å². The first-order valence-electron chi connectivity index (χ1n) is 4.83. The minimum atomic E-state index is -1.08. The molecule has 0 aliphatic carbocycles. The highest BCUT2D eigenvalue weighted by molar-refractivity contribution is 5.82. The van der Waals surface area contributed by atoms with Gasteiger partial charge in [0.1, 0.15) is 12.7 Å². The van der Waals surface area contributed by atoms with Gasteiger partial charge in [-0.05, 0) is 10.8 Å². The van der Waals surface area contributed by atoms with E-state index in [0.29, 0.717) is 6.29 Å². The monoisotopic (exact) mass is 216 g/mol. The highest BCUT2D eigenvalue weighted by atomic mass is 16.4. The maximum Gasteiger partial charge on any atom is 0.310 e. The Morgan fingerprint density at radius 2 is 1.38 bits per heavy atom. The zero-order chi connectivity index (χ0) is 11.8. The Hall–Kier alpha value is -2.16. The molecule has 3 nitrogen and oxygen atoms in total. The third-order valence-electron chi connectivity index (χ3n) is 1.92. The Labute approximate surface area is 93.3 Å². The molecule has 0 unspecified atom stereocenters. The van der Waals surface area contributed by atoms with Crippen LogP contribution in [0.5, 0.6) is 0 Å². The maximum absolute atomic E-state index is 9.37. The number of hydrogen-bond acceptors (Lipinski definition) is 2. The van der Waals surface area contributed by atoms with Crippen molar-refractivity contribution >= 4 is 23.0 Å². The predicted molar refractivity (Wildman–Crippen MR) is 62.3 cm³/mol. The van der Waals surface area contributed by atoms with Crippen molar-refractivity contribution in [1.29, 1.82) is 0 Å². The number of fused-ring (bicyclic) bond motifs is 1. The Bertz CT molecular complexity index is 412. The van der Waals surface area contributed by atoms with E-state index in [1.165, 1.54) is 10.8 Å². The van der Waals surface area contributed by atoms with Crippen molar-refractivity contribution in [2.24, 2.45) is 0 Å². The Morgan fingerprint density at radius 3 is 1.56 bits per heavy atom. The summed E-state index contributed by atoms with van der Waals surface area (Å²) < 4.78 is 0. The highest BCUT2D eigenvalue weighted by Gasteiger charge is 1.88. The minimum Gasteiger partial charge on any atom is -0.481 e. The van der Waals surface area contributed by atoms with Crippen LogP contribution in [-0.4, -0.2) is 17.4 Å². The van der Waals surface area contributed by atoms with E-state index in [2.05, 4.69) is 48.5 Å². The van der Waals surface area contributed by atoms with Crippen molar-refractivity contribution in [3.05, 3.63) is 48.5 Å². The number of hydrogen-bond donors (Lipinski definition) is 1. The molecule has 2 aromatic rings. The molecule has 0 aromatic heterocycles. The Kier molecular flexibility index (Phi) is 4.73. The molecule has 0 atom stereocenters. The molecule has 82 valence electrons. The normalized spacial score (nSPS) is 9.00. The Morgan fingerprint density at radius 1 is 1.00 bits per heavy atom. The molecule has 0 aliphatic rings. The second kappa shape index (κ2) is 6.35. The van der Waals surface area contributed by atoms with Crippen LogP contribution in [0, 0.1) is 0 Å². The first kappa shape index (κ1) is 11.9. The summed E-state index contributed by atoms with van der Waals surface area (Å²) in [7, 11) is 0. The molecule has 0 aliphatic heterocycles. The highest BCUT2D eigenvalue weighted by Crippen LogP contribution is 2.11. The lowest BCUT2D eigenvalue weighted by Gasteiger charge is -1.92. The summed E-state index contributed by atoms with van der Waals surface area (Å²) in [6.07, 6.45) is -0.0394. The molecule has 2 rings (SSSR count). The predicted octanol–water partition coefficient (Wildman–Crippen LogP) is 2.50. The quantitative estimate of drug-likeness (QED) is 0.619. The molecule has 0 radical (unpaired) electrons. The van der Waals surface area contributed by atoms with Gasteiger partial charge in [0.25, 0.3) is 0 Å². The number of carbonyl (C=O) groups is 2.